The zero-order chi connectivity index (χ0) is 9.84. The first-order chi connectivity index (χ1) is 6.09. The molecule has 0 aliphatic rings. The van der Waals surface area contributed by atoms with Crippen molar-refractivity contribution >= 4 is 5.97 Å². The standard InChI is InChI=1S/C9H8F2O2/c10-7-3-1-6(2-4-7)5-8(11)9(12)13/h1-4,8H,5H2,(H,12,13)/t8-/m1/s1. The molecular weight excluding hydrogens is 178 g/mol. The highest BCUT2D eigenvalue weighted by molar-refractivity contribution is 5.72. The lowest BCUT2D eigenvalue weighted by Gasteiger charge is -2.02. The number of hydrogen-bond acceptors (Lipinski definition) is 1. The monoisotopic (exact) mass is 186 g/mol. The fourth-order valence-corrected chi connectivity index (χ4v) is 0.915. The Bertz CT molecular complexity index is 295. The number of halogens is 2. The second kappa shape index (κ2) is 3.98. The Morgan fingerprint density at radius 2 is 1.92 bits per heavy atom. The fourth-order valence-electron chi connectivity index (χ4n) is 0.915. The van der Waals surface area contributed by atoms with Gasteiger partial charge in [-0.25, -0.2) is 13.6 Å². The predicted octanol–water partition coefficient (Wildman–Crippen LogP) is 1.79. The van der Waals surface area contributed by atoms with E-state index in [2.05, 4.69) is 0 Å². The number of alkyl halides is 1. The normalized spacial score (nSPS) is 12.5. The molecule has 0 saturated carbocycles. The molecule has 1 rings (SSSR count). The van der Waals surface area contributed by atoms with Gasteiger partial charge in [-0.2, -0.15) is 0 Å². The first-order valence-corrected chi connectivity index (χ1v) is 3.71. The first kappa shape index (κ1) is 9.64. The zero-order valence-electron chi connectivity index (χ0n) is 6.71. The predicted molar refractivity (Wildman–Crippen MR) is 42.6 cm³/mol. The largest absolute Gasteiger partial charge is 0.479 e. The topological polar surface area (TPSA) is 37.3 Å². The molecule has 0 aromatic heterocycles. The molecule has 0 heterocycles. The van der Waals surface area contributed by atoms with E-state index >= 15 is 0 Å². The van der Waals surface area contributed by atoms with E-state index in [0.717, 1.165) is 0 Å². The van der Waals surface area contributed by atoms with Crippen LogP contribution in [0.5, 0.6) is 0 Å². The molecule has 0 bridgehead atoms. The van der Waals surface area contributed by atoms with Gasteiger partial charge in [-0.3, -0.25) is 0 Å². The highest BCUT2D eigenvalue weighted by atomic mass is 19.1. The van der Waals surface area contributed by atoms with E-state index in [1.54, 1.807) is 0 Å². The van der Waals surface area contributed by atoms with Crippen LogP contribution in [-0.4, -0.2) is 17.2 Å². The molecule has 1 N–H and O–H groups in total. The third-order valence-corrected chi connectivity index (χ3v) is 1.60. The summed E-state index contributed by atoms with van der Waals surface area (Å²) in [4.78, 5) is 10.1. The molecule has 70 valence electrons. The Balaban J connectivity index is 2.64. The lowest BCUT2D eigenvalue weighted by molar-refractivity contribution is -0.142. The first-order valence-electron chi connectivity index (χ1n) is 3.71. The number of aliphatic carboxylic acids is 1. The van der Waals surface area contributed by atoms with Crippen molar-refractivity contribution in [1.82, 2.24) is 0 Å². The average Bonchev–Trinajstić information content (AvgIpc) is 2.08. The molecule has 0 fully saturated rings. The van der Waals surface area contributed by atoms with Gasteiger partial charge in [0.1, 0.15) is 5.82 Å². The second-order valence-corrected chi connectivity index (χ2v) is 2.64. The Labute approximate surface area is 73.8 Å². The van der Waals surface area contributed by atoms with Crippen LogP contribution in [0.2, 0.25) is 0 Å². The number of carbonyl (C=O) groups is 1. The van der Waals surface area contributed by atoms with E-state index in [-0.39, 0.29) is 6.42 Å². The minimum atomic E-state index is -1.93. The van der Waals surface area contributed by atoms with Crippen molar-refractivity contribution in [3.63, 3.8) is 0 Å². The van der Waals surface area contributed by atoms with Gasteiger partial charge >= 0.3 is 5.97 Å². The number of carboxylic acids is 1. The molecule has 0 amide bonds. The SMILES string of the molecule is O=C(O)[C@H](F)Cc1ccc(F)cc1. The molecule has 1 aromatic carbocycles. The van der Waals surface area contributed by atoms with Crippen LogP contribution in [0.1, 0.15) is 5.56 Å². The van der Waals surface area contributed by atoms with Crippen LogP contribution in [0, 0.1) is 5.82 Å². The summed E-state index contributed by atoms with van der Waals surface area (Å²) in [5.41, 5.74) is 0.469. The molecule has 0 unspecified atom stereocenters. The van der Waals surface area contributed by atoms with Crippen molar-refractivity contribution < 1.29 is 18.7 Å². The molecular formula is C9H8F2O2. The molecule has 0 spiro atoms. The van der Waals surface area contributed by atoms with Crippen molar-refractivity contribution in [2.45, 2.75) is 12.6 Å². The highest BCUT2D eigenvalue weighted by Gasteiger charge is 2.15. The van der Waals surface area contributed by atoms with Gasteiger partial charge < -0.3 is 5.11 Å². The zero-order valence-corrected chi connectivity index (χ0v) is 6.71. The van der Waals surface area contributed by atoms with Crippen LogP contribution in [0.4, 0.5) is 8.78 Å². The van der Waals surface area contributed by atoms with Gasteiger partial charge in [0.2, 0.25) is 6.17 Å². The van der Waals surface area contributed by atoms with Crippen molar-refractivity contribution in [1.29, 1.82) is 0 Å². The van der Waals surface area contributed by atoms with Crippen molar-refractivity contribution in [3.05, 3.63) is 35.6 Å². The summed E-state index contributed by atoms with van der Waals surface area (Å²) >= 11 is 0. The average molecular weight is 186 g/mol. The maximum Gasteiger partial charge on any atom is 0.338 e. The number of carboxylic acid groups (broad SMARTS) is 1. The molecule has 2 nitrogen and oxygen atoms in total. The van der Waals surface area contributed by atoms with Crippen LogP contribution in [0.3, 0.4) is 0 Å². The second-order valence-electron chi connectivity index (χ2n) is 2.64. The summed E-state index contributed by atoms with van der Waals surface area (Å²) < 4.78 is 25.0. The highest BCUT2D eigenvalue weighted by Crippen LogP contribution is 2.07. The van der Waals surface area contributed by atoms with Crippen LogP contribution in [0.15, 0.2) is 24.3 Å². The minimum absolute atomic E-state index is 0.227. The maximum atomic E-state index is 12.6. The fraction of sp³-hybridized carbons (Fsp3) is 0.222. The molecule has 0 radical (unpaired) electrons. The molecule has 0 aliphatic heterocycles. The summed E-state index contributed by atoms with van der Waals surface area (Å²) in [6, 6.07) is 5.07. The van der Waals surface area contributed by atoms with Crippen LogP contribution >= 0.6 is 0 Å². The van der Waals surface area contributed by atoms with Crippen molar-refractivity contribution in [2.24, 2.45) is 0 Å². The summed E-state index contributed by atoms with van der Waals surface area (Å²) in [6.45, 7) is 0. The maximum absolute atomic E-state index is 12.6. The quantitative estimate of drug-likeness (QED) is 0.781. The Kier molecular flexibility index (Phi) is 2.95. The molecule has 13 heavy (non-hydrogen) atoms. The van der Waals surface area contributed by atoms with Gasteiger partial charge in [-0.15, -0.1) is 0 Å². The van der Waals surface area contributed by atoms with E-state index in [1.807, 2.05) is 0 Å². The van der Waals surface area contributed by atoms with Crippen LogP contribution in [-0.2, 0) is 11.2 Å². The molecule has 0 saturated heterocycles. The number of rotatable bonds is 3. The Morgan fingerprint density at radius 3 is 2.38 bits per heavy atom. The van der Waals surface area contributed by atoms with Crippen molar-refractivity contribution in [2.75, 3.05) is 0 Å². The third kappa shape index (κ3) is 2.82. The van der Waals surface area contributed by atoms with Crippen LogP contribution < -0.4 is 0 Å². The Morgan fingerprint density at radius 1 is 1.38 bits per heavy atom. The van der Waals surface area contributed by atoms with E-state index in [4.69, 9.17) is 5.11 Å². The van der Waals surface area contributed by atoms with Gasteiger partial charge in [0.05, 0.1) is 0 Å². The third-order valence-electron chi connectivity index (χ3n) is 1.60. The van der Waals surface area contributed by atoms with Crippen LogP contribution in [0.25, 0.3) is 0 Å². The summed E-state index contributed by atoms with van der Waals surface area (Å²) in [5, 5.41) is 8.25. The summed E-state index contributed by atoms with van der Waals surface area (Å²) in [5.74, 6) is -1.92. The van der Waals surface area contributed by atoms with Gasteiger partial charge in [-0.05, 0) is 17.7 Å². The summed E-state index contributed by atoms with van der Waals surface area (Å²) in [7, 11) is 0. The van der Waals surface area contributed by atoms with Gasteiger partial charge in [0.25, 0.3) is 0 Å². The van der Waals surface area contributed by atoms with Crippen molar-refractivity contribution in [3.8, 4) is 0 Å². The minimum Gasteiger partial charge on any atom is -0.479 e. The van der Waals surface area contributed by atoms with E-state index in [9.17, 15) is 13.6 Å². The molecule has 0 aliphatic carbocycles. The molecule has 1 aromatic rings. The van der Waals surface area contributed by atoms with Gasteiger partial charge in [-0.1, -0.05) is 12.1 Å². The lowest BCUT2D eigenvalue weighted by Crippen LogP contribution is -2.17. The lowest BCUT2D eigenvalue weighted by atomic mass is 10.1. The van der Waals surface area contributed by atoms with Gasteiger partial charge in [0.15, 0.2) is 0 Å². The van der Waals surface area contributed by atoms with E-state index in [1.165, 1.54) is 24.3 Å². The number of hydrogen-bond donors (Lipinski definition) is 1. The number of benzene rings is 1. The summed E-state index contributed by atoms with van der Waals surface area (Å²) in [6.07, 6.45) is -2.15. The molecule has 1 atom stereocenters. The Hall–Kier alpha value is -1.45. The van der Waals surface area contributed by atoms with E-state index < -0.39 is 18.0 Å². The molecule has 4 heteroatoms. The smallest absolute Gasteiger partial charge is 0.338 e. The van der Waals surface area contributed by atoms with E-state index in [0.29, 0.717) is 5.56 Å². The van der Waals surface area contributed by atoms with Gasteiger partial charge in [0, 0.05) is 6.42 Å².